The third kappa shape index (κ3) is 2.80. The van der Waals surface area contributed by atoms with Crippen molar-refractivity contribution >= 4 is 17.5 Å². The smallest absolute Gasteiger partial charge is 0.262 e. The number of hydrogen-bond donors (Lipinski definition) is 1. The molecule has 5 heteroatoms. The molecule has 1 N–H and O–H groups in total. The topological polar surface area (TPSA) is 58.6 Å². The van der Waals surface area contributed by atoms with Crippen molar-refractivity contribution in [2.75, 3.05) is 18.5 Å². The highest BCUT2D eigenvalue weighted by molar-refractivity contribution is 6.03. The number of likely N-dealkylation sites (tertiary alicyclic amines) is 1. The van der Waals surface area contributed by atoms with E-state index in [1.165, 1.54) is 0 Å². The van der Waals surface area contributed by atoms with Gasteiger partial charge in [-0.15, -0.1) is 0 Å². The highest BCUT2D eigenvalue weighted by Crippen LogP contribution is 2.39. The number of nitrogens with zero attached hydrogens (tertiary/aromatic N) is 1. The van der Waals surface area contributed by atoms with E-state index in [9.17, 15) is 9.59 Å². The van der Waals surface area contributed by atoms with Crippen molar-refractivity contribution in [3.63, 3.8) is 0 Å². The van der Waals surface area contributed by atoms with Gasteiger partial charge in [-0.3, -0.25) is 9.59 Å². The normalized spacial score (nSPS) is 20.7. The minimum atomic E-state index is -0.187. The second kappa shape index (κ2) is 5.87. The van der Waals surface area contributed by atoms with Crippen molar-refractivity contribution in [1.29, 1.82) is 0 Å². The van der Waals surface area contributed by atoms with Crippen molar-refractivity contribution in [3.8, 4) is 5.75 Å². The van der Waals surface area contributed by atoms with E-state index >= 15 is 0 Å². The van der Waals surface area contributed by atoms with Crippen molar-refractivity contribution in [3.05, 3.63) is 23.8 Å². The van der Waals surface area contributed by atoms with E-state index in [2.05, 4.69) is 26.1 Å². The molecule has 1 unspecified atom stereocenters. The second-order valence-electron chi connectivity index (χ2n) is 7.02. The maximum absolute atomic E-state index is 13.1. The third-order valence-corrected chi connectivity index (χ3v) is 5.19. The van der Waals surface area contributed by atoms with Crippen LogP contribution >= 0.6 is 0 Å². The first-order chi connectivity index (χ1) is 10.9. The van der Waals surface area contributed by atoms with E-state index in [0.717, 1.165) is 25.8 Å². The van der Waals surface area contributed by atoms with Gasteiger partial charge >= 0.3 is 0 Å². The number of carbonyl (C=O) groups is 2. The first-order valence-electron chi connectivity index (χ1n) is 8.30. The molecule has 5 nitrogen and oxygen atoms in total. The van der Waals surface area contributed by atoms with Gasteiger partial charge in [-0.1, -0.05) is 26.8 Å². The first kappa shape index (κ1) is 15.8. The summed E-state index contributed by atoms with van der Waals surface area (Å²) in [5.41, 5.74) is 1.22. The van der Waals surface area contributed by atoms with E-state index in [1.54, 1.807) is 18.2 Å². The Bertz CT molecular complexity index is 639. The van der Waals surface area contributed by atoms with Crippen molar-refractivity contribution in [1.82, 2.24) is 4.90 Å². The molecule has 1 aromatic rings. The van der Waals surface area contributed by atoms with Crippen LogP contribution in [0.1, 0.15) is 50.4 Å². The van der Waals surface area contributed by atoms with Gasteiger partial charge < -0.3 is 15.0 Å². The second-order valence-corrected chi connectivity index (χ2v) is 7.02. The first-order valence-corrected chi connectivity index (χ1v) is 8.30. The summed E-state index contributed by atoms with van der Waals surface area (Å²) in [5.74, 6) is 0.312. The lowest BCUT2D eigenvalue weighted by atomic mass is 9.80. The van der Waals surface area contributed by atoms with Crippen LogP contribution in [0.25, 0.3) is 0 Å². The summed E-state index contributed by atoms with van der Waals surface area (Å²) in [6.07, 6.45) is 3.10. The Balaban J connectivity index is 1.92. The Labute approximate surface area is 137 Å². The van der Waals surface area contributed by atoms with Crippen molar-refractivity contribution in [2.45, 2.75) is 46.1 Å². The molecule has 2 aliphatic rings. The highest BCUT2D eigenvalue weighted by atomic mass is 16.5. The van der Waals surface area contributed by atoms with Crippen LogP contribution in [0.5, 0.6) is 5.75 Å². The lowest BCUT2D eigenvalue weighted by Crippen LogP contribution is -2.44. The van der Waals surface area contributed by atoms with Gasteiger partial charge in [0.2, 0.25) is 0 Å². The number of hydrogen-bond acceptors (Lipinski definition) is 3. The number of carbonyl (C=O) groups excluding carboxylic acids is 2. The fourth-order valence-corrected chi connectivity index (χ4v) is 3.50. The lowest BCUT2D eigenvalue weighted by Gasteiger charge is -2.37. The van der Waals surface area contributed by atoms with Crippen LogP contribution in [0.4, 0.5) is 5.69 Å². The Kier molecular flexibility index (Phi) is 4.04. The van der Waals surface area contributed by atoms with Gasteiger partial charge in [-0.25, -0.2) is 0 Å². The molecule has 0 saturated carbocycles. The maximum atomic E-state index is 13.1. The van der Waals surface area contributed by atoms with Crippen LogP contribution < -0.4 is 10.1 Å². The molecule has 1 fully saturated rings. The predicted octanol–water partition coefficient (Wildman–Crippen LogP) is 3.06. The third-order valence-electron chi connectivity index (χ3n) is 5.19. The number of ether oxygens (including phenoxy) is 1. The molecule has 3 rings (SSSR count). The average Bonchev–Trinajstić information content (AvgIpc) is 3.03. The number of rotatable bonds is 3. The van der Waals surface area contributed by atoms with E-state index in [1.807, 2.05) is 4.90 Å². The van der Waals surface area contributed by atoms with Crippen LogP contribution in [0.3, 0.4) is 0 Å². The Morgan fingerprint density at radius 3 is 2.96 bits per heavy atom. The van der Waals surface area contributed by atoms with Gasteiger partial charge in [-0.2, -0.15) is 0 Å². The average molecular weight is 316 g/mol. The fraction of sp³-hybridized carbons (Fsp3) is 0.556. The minimum absolute atomic E-state index is 0.00187. The quantitative estimate of drug-likeness (QED) is 0.932. The zero-order valence-electron chi connectivity index (χ0n) is 14.0. The highest BCUT2D eigenvalue weighted by Gasteiger charge is 2.39. The number of para-hydroxylation sites is 1. The van der Waals surface area contributed by atoms with E-state index in [4.69, 9.17) is 4.74 Å². The number of benzene rings is 1. The van der Waals surface area contributed by atoms with Gasteiger partial charge in [-0.05, 0) is 36.8 Å². The molecule has 0 aromatic heterocycles. The molecule has 1 atom stereocenters. The van der Waals surface area contributed by atoms with Crippen LogP contribution in [-0.2, 0) is 4.79 Å². The van der Waals surface area contributed by atoms with Crippen LogP contribution in [-0.4, -0.2) is 35.9 Å². The zero-order chi connectivity index (χ0) is 16.6. The number of fused-ring (bicyclic) bond motifs is 1. The summed E-state index contributed by atoms with van der Waals surface area (Å²) >= 11 is 0. The molecule has 0 spiro atoms. The molecule has 1 saturated heterocycles. The van der Waals surface area contributed by atoms with Crippen molar-refractivity contribution < 1.29 is 14.3 Å². The summed E-state index contributed by atoms with van der Waals surface area (Å²) in [7, 11) is 0. The summed E-state index contributed by atoms with van der Waals surface area (Å²) < 4.78 is 5.54. The number of anilines is 1. The Morgan fingerprint density at radius 1 is 1.43 bits per heavy atom. The van der Waals surface area contributed by atoms with E-state index in [-0.39, 0.29) is 29.9 Å². The molecule has 2 amide bonds. The molecule has 0 aliphatic carbocycles. The molecule has 23 heavy (non-hydrogen) atoms. The van der Waals surface area contributed by atoms with Crippen molar-refractivity contribution in [2.24, 2.45) is 5.41 Å². The van der Waals surface area contributed by atoms with Crippen LogP contribution in [0.2, 0.25) is 0 Å². The molecule has 2 heterocycles. The van der Waals surface area contributed by atoms with Gasteiger partial charge in [0.25, 0.3) is 11.8 Å². The SMILES string of the molecule is CCC(C)(C)C1CCCN1C(=O)c1cccc2c1OCC(=O)N2. The molecular formula is C18H24N2O3. The predicted molar refractivity (Wildman–Crippen MR) is 88.7 cm³/mol. The standard InChI is InChI=1S/C18H24N2O3/c1-4-18(2,3)14-9-6-10-20(14)17(22)12-7-5-8-13-16(12)23-11-15(21)19-13/h5,7-8,14H,4,6,9-11H2,1-3H3,(H,19,21). The Hall–Kier alpha value is -2.04. The van der Waals surface area contributed by atoms with E-state index < -0.39 is 0 Å². The Morgan fingerprint density at radius 2 is 2.22 bits per heavy atom. The molecule has 0 radical (unpaired) electrons. The molecular weight excluding hydrogens is 292 g/mol. The lowest BCUT2D eigenvalue weighted by molar-refractivity contribution is -0.118. The molecule has 2 aliphatic heterocycles. The maximum Gasteiger partial charge on any atom is 0.262 e. The number of nitrogens with one attached hydrogen (secondary N) is 1. The minimum Gasteiger partial charge on any atom is -0.481 e. The van der Waals surface area contributed by atoms with Crippen LogP contribution in [0.15, 0.2) is 18.2 Å². The summed E-state index contributed by atoms with van der Waals surface area (Å²) in [6.45, 7) is 7.36. The molecule has 1 aromatic carbocycles. The monoisotopic (exact) mass is 316 g/mol. The fourth-order valence-electron chi connectivity index (χ4n) is 3.50. The summed E-state index contributed by atoms with van der Waals surface area (Å²) in [6, 6.07) is 5.58. The van der Waals surface area contributed by atoms with Gasteiger partial charge in [0, 0.05) is 12.6 Å². The van der Waals surface area contributed by atoms with Gasteiger partial charge in [0.05, 0.1) is 11.3 Å². The summed E-state index contributed by atoms with van der Waals surface area (Å²) in [4.78, 5) is 26.5. The number of amides is 2. The van der Waals surface area contributed by atoms with Gasteiger partial charge in [0.15, 0.2) is 12.4 Å². The van der Waals surface area contributed by atoms with Gasteiger partial charge in [0.1, 0.15) is 0 Å². The summed E-state index contributed by atoms with van der Waals surface area (Å²) in [5, 5.41) is 2.76. The zero-order valence-corrected chi connectivity index (χ0v) is 14.0. The largest absolute Gasteiger partial charge is 0.481 e. The molecule has 0 bridgehead atoms. The van der Waals surface area contributed by atoms with Crippen LogP contribution in [0, 0.1) is 5.41 Å². The molecule has 124 valence electrons. The van der Waals surface area contributed by atoms with E-state index in [0.29, 0.717) is 17.0 Å².